The molecule has 1 atom stereocenters. The zero-order chi connectivity index (χ0) is 29.3. The van der Waals surface area contributed by atoms with Crippen molar-refractivity contribution >= 4 is 22.7 Å². The summed E-state index contributed by atoms with van der Waals surface area (Å²) in [4.78, 5) is 29.7. The monoisotopic (exact) mass is 557 g/mol. The molecule has 3 aromatic carbocycles. The summed E-state index contributed by atoms with van der Waals surface area (Å²) in [5.74, 6) is -3.65. The highest BCUT2D eigenvalue weighted by Gasteiger charge is 2.23. The van der Waals surface area contributed by atoms with Gasteiger partial charge in [0, 0.05) is 23.2 Å². The molecule has 0 fully saturated rings. The van der Waals surface area contributed by atoms with E-state index in [2.05, 4.69) is 15.4 Å². The number of pyridine rings is 1. The smallest absolute Gasteiger partial charge is 0.251 e. The van der Waals surface area contributed by atoms with E-state index >= 15 is 0 Å². The van der Waals surface area contributed by atoms with Crippen LogP contribution in [0.15, 0.2) is 73.1 Å². The van der Waals surface area contributed by atoms with E-state index in [9.17, 15) is 22.8 Å². The Morgan fingerprint density at radius 1 is 0.976 bits per heavy atom. The Balaban J connectivity index is 1.53. The highest BCUT2D eigenvalue weighted by Crippen LogP contribution is 2.30. The number of nitrogens with two attached hydrogens (primary N) is 1. The third kappa shape index (κ3) is 5.96. The molecule has 5 aromatic rings. The number of carbonyl (C=O) groups is 2. The first kappa shape index (κ1) is 27.6. The van der Waals surface area contributed by atoms with Crippen LogP contribution in [-0.2, 0) is 17.8 Å². The molecule has 2 amide bonds. The lowest BCUT2D eigenvalue weighted by atomic mass is 9.94. The van der Waals surface area contributed by atoms with Crippen LogP contribution >= 0.6 is 0 Å². The molecule has 0 saturated heterocycles. The van der Waals surface area contributed by atoms with Crippen LogP contribution in [0.4, 0.5) is 13.2 Å². The summed E-state index contributed by atoms with van der Waals surface area (Å²) in [6, 6.07) is 13.4. The fourth-order valence-electron chi connectivity index (χ4n) is 4.85. The molecule has 5 rings (SSSR count). The lowest BCUT2D eigenvalue weighted by Gasteiger charge is -2.22. The SMILES string of the molecule is Cc1cc2cnn(CC(=O)N[C@@H](Cc3cc(F)cc(F)c3)c3ncccc3-c3ccc(F)c(C(N)=O)c3)c2cc1C. The minimum absolute atomic E-state index is 0.00748. The van der Waals surface area contributed by atoms with Gasteiger partial charge >= 0.3 is 0 Å². The first-order valence-corrected chi connectivity index (χ1v) is 12.8. The van der Waals surface area contributed by atoms with Crippen LogP contribution in [0.5, 0.6) is 0 Å². The average Bonchev–Trinajstić information content (AvgIpc) is 3.28. The van der Waals surface area contributed by atoms with E-state index in [0.29, 0.717) is 16.8 Å². The van der Waals surface area contributed by atoms with Gasteiger partial charge in [0.25, 0.3) is 5.91 Å². The number of rotatable bonds is 8. The predicted molar refractivity (Wildman–Crippen MR) is 148 cm³/mol. The second kappa shape index (κ2) is 11.2. The van der Waals surface area contributed by atoms with E-state index in [1.54, 1.807) is 23.0 Å². The minimum atomic E-state index is -0.938. The fourth-order valence-corrected chi connectivity index (χ4v) is 4.85. The molecule has 0 aliphatic rings. The molecule has 41 heavy (non-hydrogen) atoms. The van der Waals surface area contributed by atoms with Crippen molar-refractivity contribution in [3.63, 3.8) is 0 Å². The summed E-state index contributed by atoms with van der Waals surface area (Å²) in [7, 11) is 0. The normalized spacial score (nSPS) is 11.9. The van der Waals surface area contributed by atoms with Crippen LogP contribution in [0.2, 0.25) is 0 Å². The minimum Gasteiger partial charge on any atom is -0.366 e. The van der Waals surface area contributed by atoms with Gasteiger partial charge in [-0.2, -0.15) is 5.10 Å². The van der Waals surface area contributed by atoms with Gasteiger partial charge in [-0.1, -0.05) is 12.1 Å². The third-order valence-electron chi connectivity index (χ3n) is 6.96. The molecule has 0 aliphatic heterocycles. The number of hydrogen-bond acceptors (Lipinski definition) is 4. The molecular weight excluding hydrogens is 531 g/mol. The van der Waals surface area contributed by atoms with Gasteiger partial charge in [0.15, 0.2) is 0 Å². The van der Waals surface area contributed by atoms with Crippen molar-refractivity contribution in [3.8, 4) is 11.1 Å². The second-order valence-electron chi connectivity index (χ2n) is 9.89. The average molecular weight is 558 g/mol. The molecule has 2 heterocycles. The van der Waals surface area contributed by atoms with Gasteiger partial charge in [0.2, 0.25) is 5.91 Å². The van der Waals surface area contributed by atoms with Crippen molar-refractivity contribution in [1.82, 2.24) is 20.1 Å². The van der Waals surface area contributed by atoms with Gasteiger partial charge in [-0.3, -0.25) is 19.3 Å². The zero-order valence-electron chi connectivity index (χ0n) is 22.3. The van der Waals surface area contributed by atoms with Crippen molar-refractivity contribution in [3.05, 3.63) is 118 Å². The maximum Gasteiger partial charge on any atom is 0.251 e. The zero-order valence-corrected chi connectivity index (χ0v) is 22.3. The van der Waals surface area contributed by atoms with Crippen molar-refractivity contribution in [2.24, 2.45) is 5.73 Å². The molecule has 0 spiro atoms. The molecule has 0 radical (unpaired) electrons. The number of fused-ring (bicyclic) bond motifs is 1. The highest BCUT2D eigenvalue weighted by atomic mass is 19.1. The third-order valence-corrected chi connectivity index (χ3v) is 6.96. The molecule has 2 aromatic heterocycles. The van der Waals surface area contributed by atoms with E-state index in [4.69, 9.17) is 5.73 Å². The van der Waals surface area contributed by atoms with Crippen LogP contribution in [0.3, 0.4) is 0 Å². The van der Waals surface area contributed by atoms with Crippen molar-refractivity contribution in [2.75, 3.05) is 0 Å². The van der Waals surface area contributed by atoms with Gasteiger partial charge in [-0.15, -0.1) is 0 Å². The van der Waals surface area contributed by atoms with Gasteiger partial charge in [-0.05, 0) is 85.0 Å². The molecule has 208 valence electrons. The number of halogens is 3. The summed E-state index contributed by atoms with van der Waals surface area (Å²) >= 11 is 0. The number of benzene rings is 3. The lowest BCUT2D eigenvalue weighted by Crippen LogP contribution is -2.34. The van der Waals surface area contributed by atoms with E-state index < -0.39 is 35.3 Å². The van der Waals surface area contributed by atoms with E-state index in [-0.39, 0.29) is 24.1 Å². The molecule has 0 aliphatic carbocycles. The molecule has 0 bridgehead atoms. The second-order valence-corrected chi connectivity index (χ2v) is 9.89. The maximum absolute atomic E-state index is 14.2. The Bertz CT molecular complexity index is 1780. The summed E-state index contributed by atoms with van der Waals surface area (Å²) in [5.41, 5.74) is 9.53. The van der Waals surface area contributed by atoms with Gasteiger partial charge < -0.3 is 11.1 Å². The Labute approximate surface area is 233 Å². The van der Waals surface area contributed by atoms with Crippen LogP contribution < -0.4 is 11.1 Å². The van der Waals surface area contributed by atoms with Crippen LogP contribution in [-0.4, -0.2) is 26.6 Å². The van der Waals surface area contributed by atoms with Crippen LogP contribution in [0.25, 0.3) is 22.0 Å². The lowest BCUT2D eigenvalue weighted by molar-refractivity contribution is -0.122. The van der Waals surface area contributed by atoms with Crippen molar-refractivity contribution < 1.29 is 22.8 Å². The number of aromatic nitrogens is 3. The Morgan fingerprint density at radius 3 is 2.44 bits per heavy atom. The van der Waals surface area contributed by atoms with Crippen LogP contribution in [0.1, 0.15) is 38.8 Å². The molecule has 0 unspecified atom stereocenters. The number of primary amides is 1. The molecule has 3 N–H and O–H groups in total. The maximum atomic E-state index is 14.2. The number of nitrogens with one attached hydrogen (secondary N) is 1. The van der Waals surface area contributed by atoms with Gasteiger partial charge in [0.05, 0.1) is 29.0 Å². The van der Waals surface area contributed by atoms with Gasteiger partial charge in [0.1, 0.15) is 24.0 Å². The fraction of sp³-hybridized carbons (Fsp3) is 0.161. The summed E-state index contributed by atoms with van der Waals surface area (Å²) < 4.78 is 43.9. The molecule has 10 heteroatoms. The molecular formula is C31H26F3N5O2. The van der Waals surface area contributed by atoms with Crippen LogP contribution in [0, 0.1) is 31.3 Å². The summed E-state index contributed by atoms with van der Waals surface area (Å²) in [5, 5.41) is 8.19. The first-order chi connectivity index (χ1) is 19.6. The molecule has 7 nitrogen and oxygen atoms in total. The Morgan fingerprint density at radius 2 is 1.71 bits per heavy atom. The van der Waals surface area contributed by atoms with Crippen molar-refractivity contribution in [1.29, 1.82) is 0 Å². The number of nitrogens with zero attached hydrogens (tertiary/aromatic N) is 3. The molecule has 0 saturated carbocycles. The van der Waals surface area contributed by atoms with Gasteiger partial charge in [-0.25, -0.2) is 13.2 Å². The summed E-state index contributed by atoms with van der Waals surface area (Å²) in [6.07, 6.45) is 3.19. The summed E-state index contributed by atoms with van der Waals surface area (Å²) in [6.45, 7) is 3.85. The number of hydrogen-bond donors (Lipinski definition) is 2. The van der Waals surface area contributed by atoms with E-state index in [1.165, 1.54) is 30.5 Å². The standard InChI is InChI=1S/C31H26F3N5O2/c1-17-8-21-15-37-39(28(21)9-18(17)2)16-29(40)38-27(12-19-10-22(32)14-23(33)11-19)30-24(4-3-7-36-30)20-5-6-26(34)25(13-20)31(35)41/h3-11,13-15,27H,12,16H2,1-2H3,(H2,35,41)(H,38,40)/t27-/m0/s1. The first-order valence-electron chi connectivity index (χ1n) is 12.8. The quantitative estimate of drug-likeness (QED) is 0.269. The topological polar surface area (TPSA) is 103 Å². The number of aryl methyl sites for hydroxylation is 2. The number of carbonyl (C=O) groups excluding carboxylic acids is 2. The largest absolute Gasteiger partial charge is 0.366 e. The van der Waals surface area contributed by atoms with E-state index in [1.807, 2.05) is 26.0 Å². The predicted octanol–water partition coefficient (Wildman–Crippen LogP) is 5.33. The van der Waals surface area contributed by atoms with E-state index in [0.717, 1.165) is 34.2 Å². The van der Waals surface area contributed by atoms with Crippen molar-refractivity contribution in [2.45, 2.75) is 32.9 Å². The Kier molecular flexibility index (Phi) is 7.56. The number of amides is 2. The Hall–Kier alpha value is -4.99. The highest BCUT2D eigenvalue weighted by molar-refractivity contribution is 5.94.